The molecule has 1 aromatic heterocycles. The Morgan fingerprint density at radius 1 is 1.33 bits per heavy atom. The van der Waals surface area contributed by atoms with E-state index in [4.69, 9.17) is 9.63 Å². The Hall–Kier alpha value is -0.940. The van der Waals surface area contributed by atoms with Gasteiger partial charge in [-0.2, -0.15) is 4.98 Å². The molecule has 0 amide bonds. The Bertz CT molecular complexity index is 275. The third-order valence-electron chi connectivity index (χ3n) is 2.18. The molecule has 0 saturated heterocycles. The highest BCUT2D eigenvalue weighted by atomic mass is 16.5. The van der Waals surface area contributed by atoms with Crippen molar-refractivity contribution >= 4 is 0 Å². The van der Waals surface area contributed by atoms with Crippen LogP contribution in [-0.2, 0) is 6.54 Å². The van der Waals surface area contributed by atoms with Crippen molar-refractivity contribution in [2.45, 2.75) is 32.7 Å². The van der Waals surface area contributed by atoms with Crippen LogP contribution in [0.5, 0.6) is 0 Å². The number of rotatable bonds is 7. The van der Waals surface area contributed by atoms with Crippen molar-refractivity contribution in [3.05, 3.63) is 11.7 Å². The van der Waals surface area contributed by atoms with E-state index in [-0.39, 0.29) is 6.61 Å². The molecule has 0 aliphatic heterocycles. The van der Waals surface area contributed by atoms with Gasteiger partial charge in [-0.05, 0) is 32.9 Å². The summed E-state index contributed by atoms with van der Waals surface area (Å²) in [5.41, 5.74) is 0. The Balaban J connectivity index is 2.15. The smallest absolute Gasteiger partial charge is 0.223 e. The first-order valence-corrected chi connectivity index (χ1v) is 5.31. The molecule has 0 aliphatic rings. The standard InChI is InChI=1S/C10H19N3O2/c1-9-11-10(12-15-9)8-13(2)6-4-3-5-7-14/h14H,3-8H2,1-2H3. The van der Waals surface area contributed by atoms with Crippen molar-refractivity contribution in [3.8, 4) is 0 Å². The zero-order valence-corrected chi connectivity index (χ0v) is 9.44. The van der Waals surface area contributed by atoms with Crippen LogP contribution in [0.2, 0.25) is 0 Å². The molecular formula is C10H19N3O2. The minimum atomic E-state index is 0.285. The number of nitrogens with zero attached hydrogens (tertiary/aromatic N) is 3. The Morgan fingerprint density at radius 3 is 2.73 bits per heavy atom. The molecular weight excluding hydrogens is 194 g/mol. The fraction of sp³-hybridized carbons (Fsp3) is 0.800. The van der Waals surface area contributed by atoms with Crippen LogP contribution in [-0.4, -0.2) is 40.3 Å². The van der Waals surface area contributed by atoms with Crippen LogP contribution < -0.4 is 0 Å². The Kier molecular flexibility index (Phi) is 5.28. The van der Waals surface area contributed by atoms with Crippen LogP contribution in [0, 0.1) is 6.92 Å². The van der Waals surface area contributed by atoms with Crippen molar-refractivity contribution in [2.24, 2.45) is 0 Å². The van der Waals surface area contributed by atoms with Gasteiger partial charge in [0.25, 0.3) is 0 Å². The van der Waals surface area contributed by atoms with Crippen molar-refractivity contribution in [1.82, 2.24) is 15.0 Å². The Morgan fingerprint density at radius 2 is 2.13 bits per heavy atom. The lowest BCUT2D eigenvalue weighted by Crippen LogP contribution is -2.19. The highest BCUT2D eigenvalue weighted by molar-refractivity contribution is 4.83. The second kappa shape index (κ2) is 6.53. The molecule has 0 bridgehead atoms. The summed E-state index contributed by atoms with van der Waals surface area (Å²) in [5, 5.41) is 12.5. The zero-order chi connectivity index (χ0) is 11.1. The number of hydrogen-bond acceptors (Lipinski definition) is 5. The number of unbranched alkanes of at least 4 members (excludes halogenated alkanes) is 2. The highest BCUT2D eigenvalue weighted by Gasteiger charge is 2.05. The fourth-order valence-corrected chi connectivity index (χ4v) is 1.40. The highest BCUT2D eigenvalue weighted by Crippen LogP contribution is 2.02. The molecule has 15 heavy (non-hydrogen) atoms. The number of aliphatic hydroxyl groups is 1. The van der Waals surface area contributed by atoms with Crippen LogP contribution in [0.15, 0.2) is 4.52 Å². The molecule has 0 saturated carbocycles. The minimum absolute atomic E-state index is 0.285. The molecule has 0 radical (unpaired) electrons. The first-order chi connectivity index (χ1) is 7.22. The summed E-state index contributed by atoms with van der Waals surface area (Å²) in [4.78, 5) is 6.29. The van der Waals surface area contributed by atoms with E-state index in [1.165, 1.54) is 0 Å². The largest absolute Gasteiger partial charge is 0.396 e. The van der Waals surface area contributed by atoms with Gasteiger partial charge in [0.15, 0.2) is 5.82 Å². The summed E-state index contributed by atoms with van der Waals surface area (Å²) < 4.78 is 4.89. The van der Waals surface area contributed by atoms with E-state index in [2.05, 4.69) is 15.0 Å². The molecule has 0 aliphatic carbocycles. The molecule has 1 heterocycles. The van der Waals surface area contributed by atoms with Crippen LogP contribution in [0.25, 0.3) is 0 Å². The van der Waals surface area contributed by atoms with Crippen LogP contribution in [0.4, 0.5) is 0 Å². The molecule has 0 spiro atoms. The first kappa shape index (κ1) is 12.1. The van der Waals surface area contributed by atoms with E-state index < -0.39 is 0 Å². The monoisotopic (exact) mass is 213 g/mol. The molecule has 0 unspecified atom stereocenters. The summed E-state index contributed by atoms with van der Waals surface area (Å²) in [6, 6.07) is 0. The maximum Gasteiger partial charge on any atom is 0.223 e. The predicted octanol–water partition coefficient (Wildman–Crippen LogP) is 0.972. The zero-order valence-electron chi connectivity index (χ0n) is 9.44. The van der Waals surface area contributed by atoms with Crippen LogP contribution >= 0.6 is 0 Å². The van der Waals surface area contributed by atoms with Crippen molar-refractivity contribution in [3.63, 3.8) is 0 Å². The quantitative estimate of drug-likeness (QED) is 0.684. The van der Waals surface area contributed by atoms with E-state index >= 15 is 0 Å². The van der Waals surface area contributed by atoms with Crippen LogP contribution in [0.3, 0.4) is 0 Å². The lowest BCUT2D eigenvalue weighted by Gasteiger charge is -2.13. The molecule has 5 heteroatoms. The molecule has 0 aromatic carbocycles. The topological polar surface area (TPSA) is 62.4 Å². The predicted molar refractivity (Wildman–Crippen MR) is 56.3 cm³/mol. The maximum absolute atomic E-state index is 8.62. The summed E-state index contributed by atoms with van der Waals surface area (Å²) in [5.74, 6) is 1.34. The SMILES string of the molecule is Cc1nc(CN(C)CCCCCO)no1. The van der Waals surface area contributed by atoms with Gasteiger partial charge in [-0.15, -0.1) is 0 Å². The molecule has 1 aromatic rings. The third kappa shape index (κ3) is 4.90. The summed E-state index contributed by atoms with van der Waals surface area (Å²) in [7, 11) is 2.03. The van der Waals surface area contributed by atoms with E-state index in [1.54, 1.807) is 6.92 Å². The molecule has 1 rings (SSSR count). The lowest BCUT2D eigenvalue weighted by molar-refractivity contribution is 0.268. The van der Waals surface area contributed by atoms with E-state index in [0.717, 1.165) is 38.2 Å². The maximum atomic E-state index is 8.62. The number of aliphatic hydroxyl groups excluding tert-OH is 1. The molecule has 5 nitrogen and oxygen atoms in total. The van der Waals surface area contributed by atoms with Crippen molar-refractivity contribution in [1.29, 1.82) is 0 Å². The number of aromatic nitrogens is 2. The second-order valence-electron chi connectivity index (χ2n) is 3.75. The minimum Gasteiger partial charge on any atom is -0.396 e. The summed E-state index contributed by atoms with van der Waals surface area (Å²) in [6.07, 6.45) is 3.04. The van der Waals surface area contributed by atoms with Gasteiger partial charge in [-0.1, -0.05) is 5.16 Å². The van der Waals surface area contributed by atoms with Crippen molar-refractivity contribution < 1.29 is 9.63 Å². The van der Waals surface area contributed by atoms with Gasteiger partial charge in [0, 0.05) is 13.5 Å². The Labute approximate surface area is 90.1 Å². The molecule has 1 N–H and O–H groups in total. The van der Waals surface area contributed by atoms with Gasteiger partial charge >= 0.3 is 0 Å². The number of hydrogen-bond donors (Lipinski definition) is 1. The first-order valence-electron chi connectivity index (χ1n) is 5.31. The number of aryl methyl sites for hydroxylation is 1. The normalized spacial score (nSPS) is 11.2. The van der Waals surface area contributed by atoms with Gasteiger partial charge in [0.05, 0.1) is 6.54 Å². The van der Waals surface area contributed by atoms with Gasteiger partial charge in [-0.3, -0.25) is 4.90 Å². The fourth-order valence-electron chi connectivity index (χ4n) is 1.40. The van der Waals surface area contributed by atoms with Crippen LogP contribution in [0.1, 0.15) is 31.0 Å². The molecule has 0 atom stereocenters. The lowest BCUT2D eigenvalue weighted by atomic mass is 10.2. The average molecular weight is 213 g/mol. The second-order valence-corrected chi connectivity index (χ2v) is 3.75. The van der Waals surface area contributed by atoms with Crippen molar-refractivity contribution in [2.75, 3.05) is 20.2 Å². The van der Waals surface area contributed by atoms with Gasteiger partial charge in [0.1, 0.15) is 0 Å². The van der Waals surface area contributed by atoms with E-state index in [1.807, 2.05) is 7.05 Å². The summed E-state index contributed by atoms with van der Waals surface area (Å²) in [6.45, 7) is 3.79. The molecule has 0 fully saturated rings. The third-order valence-corrected chi connectivity index (χ3v) is 2.18. The molecule has 86 valence electrons. The summed E-state index contributed by atoms with van der Waals surface area (Å²) >= 11 is 0. The van der Waals surface area contributed by atoms with E-state index in [9.17, 15) is 0 Å². The van der Waals surface area contributed by atoms with Gasteiger partial charge in [0.2, 0.25) is 5.89 Å². The van der Waals surface area contributed by atoms with E-state index in [0.29, 0.717) is 5.89 Å². The van der Waals surface area contributed by atoms with Gasteiger partial charge < -0.3 is 9.63 Å². The average Bonchev–Trinajstić information content (AvgIpc) is 2.59. The van der Waals surface area contributed by atoms with Gasteiger partial charge in [-0.25, -0.2) is 0 Å².